The lowest BCUT2D eigenvalue weighted by atomic mass is 10.1. The molecule has 0 aliphatic carbocycles. The van der Waals surface area contributed by atoms with Crippen molar-refractivity contribution in [2.24, 2.45) is 5.92 Å². The van der Waals surface area contributed by atoms with Crippen LogP contribution in [0.3, 0.4) is 0 Å². The van der Waals surface area contributed by atoms with Crippen molar-refractivity contribution in [3.05, 3.63) is 29.3 Å². The fourth-order valence-corrected chi connectivity index (χ4v) is 1.87. The number of anilines is 1. The number of hydrogen-bond acceptors (Lipinski definition) is 2. The quantitative estimate of drug-likeness (QED) is 0.860. The number of benzene rings is 1. The Labute approximate surface area is 111 Å². The molecule has 0 radical (unpaired) electrons. The monoisotopic (exact) mass is 271 g/mol. The molecule has 1 atom stereocenters. The van der Waals surface area contributed by atoms with E-state index in [1.165, 1.54) is 0 Å². The van der Waals surface area contributed by atoms with E-state index in [9.17, 15) is 13.6 Å². The van der Waals surface area contributed by atoms with E-state index in [-0.39, 0.29) is 11.3 Å². The lowest BCUT2D eigenvalue weighted by molar-refractivity contribution is 0.0695. The zero-order valence-electron chi connectivity index (χ0n) is 11.4. The Bertz CT molecular complexity index is 440. The van der Waals surface area contributed by atoms with Crippen molar-refractivity contribution in [1.29, 1.82) is 0 Å². The summed E-state index contributed by atoms with van der Waals surface area (Å²) in [6.07, 6.45) is 0.910. The molecule has 0 heterocycles. The maximum atomic E-state index is 13.9. The second-order valence-electron chi connectivity index (χ2n) is 4.65. The summed E-state index contributed by atoms with van der Waals surface area (Å²) in [4.78, 5) is 12.3. The van der Waals surface area contributed by atoms with E-state index in [0.29, 0.717) is 19.0 Å². The molecule has 0 aliphatic heterocycles. The van der Waals surface area contributed by atoms with Gasteiger partial charge in [-0.15, -0.1) is 0 Å². The fraction of sp³-hybridized carbons (Fsp3) is 0.500. The minimum absolute atomic E-state index is 0.146. The molecule has 1 unspecified atom stereocenters. The number of carbonyl (C=O) groups is 1. The number of hydrogen-bond donors (Lipinski definition) is 1. The van der Waals surface area contributed by atoms with E-state index in [0.717, 1.165) is 18.6 Å². The zero-order chi connectivity index (χ0) is 14.6. The lowest BCUT2D eigenvalue weighted by Gasteiger charge is -2.27. The van der Waals surface area contributed by atoms with Gasteiger partial charge >= 0.3 is 5.97 Å². The molecule has 0 spiro atoms. The first kappa shape index (κ1) is 15.4. The summed E-state index contributed by atoms with van der Waals surface area (Å²) in [6.45, 7) is 6.83. The van der Waals surface area contributed by atoms with Gasteiger partial charge in [0.2, 0.25) is 0 Å². The van der Waals surface area contributed by atoms with E-state index >= 15 is 0 Å². The molecular weight excluding hydrogens is 252 g/mol. The zero-order valence-corrected chi connectivity index (χ0v) is 11.4. The van der Waals surface area contributed by atoms with Crippen molar-refractivity contribution >= 4 is 11.7 Å². The molecule has 0 saturated carbocycles. The summed E-state index contributed by atoms with van der Waals surface area (Å²) in [5.41, 5.74) is -0.522. The largest absolute Gasteiger partial charge is 0.478 e. The lowest BCUT2D eigenvalue weighted by Crippen LogP contribution is -2.30. The molecule has 19 heavy (non-hydrogen) atoms. The van der Waals surface area contributed by atoms with E-state index < -0.39 is 17.6 Å². The highest BCUT2D eigenvalue weighted by molar-refractivity contribution is 5.88. The normalized spacial score (nSPS) is 12.3. The summed E-state index contributed by atoms with van der Waals surface area (Å²) in [6, 6.07) is 1.72. The van der Waals surface area contributed by atoms with Crippen molar-refractivity contribution in [2.75, 3.05) is 18.0 Å². The van der Waals surface area contributed by atoms with Crippen LogP contribution in [0.4, 0.5) is 14.5 Å². The third-order valence-electron chi connectivity index (χ3n) is 3.19. The maximum absolute atomic E-state index is 13.9. The fourth-order valence-electron chi connectivity index (χ4n) is 1.87. The highest BCUT2D eigenvalue weighted by Crippen LogP contribution is 2.26. The van der Waals surface area contributed by atoms with Gasteiger partial charge in [0.1, 0.15) is 17.3 Å². The van der Waals surface area contributed by atoms with Crippen molar-refractivity contribution in [3.63, 3.8) is 0 Å². The predicted octanol–water partition coefficient (Wildman–Crippen LogP) is 3.54. The number of nitrogens with zero attached hydrogens (tertiary/aromatic N) is 1. The Hall–Kier alpha value is -1.65. The van der Waals surface area contributed by atoms with E-state index in [1.807, 2.05) is 20.8 Å². The van der Waals surface area contributed by atoms with Gasteiger partial charge in [-0.05, 0) is 25.0 Å². The topological polar surface area (TPSA) is 40.5 Å². The molecular formula is C14H19F2NO2. The smallest absolute Gasteiger partial charge is 0.335 e. The molecule has 1 aromatic carbocycles. The van der Waals surface area contributed by atoms with Crippen LogP contribution in [0.5, 0.6) is 0 Å². The van der Waals surface area contributed by atoms with Gasteiger partial charge in [0, 0.05) is 13.1 Å². The van der Waals surface area contributed by atoms with Gasteiger partial charge in [0.25, 0.3) is 0 Å². The number of halogens is 2. The third-order valence-corrected chi connectivity index (χ3v) is 3.19. The van der Waals surface area contributed by atoms with Crippen LogP contribution in [0.15, 0.2) is 12.1 Å². The number of carboxylic acid groups (broad SMARTS) is 1. The first-order chi connectivity index (χ1) is 8.90. The van der Waals surface area contributed by atoms with Gasteiger partial charge in [-0.2, -0.15) is 0 Å². The number of aromatic carboxylic acids is 1. The van der Waals surface area contributed by atoms with Gasteiger partial charge < -0.3 is 10.0 Å². The average molecular weight is 271 g/mol. The van der Waals surface area contributed by atoms with Crippen molar-refractivity contribution < 1.29 is 18.7 Å². The Morgan fingerprint density at radius 2 is 1.84 bits per heavy atom. The Morgan fingerprint density at radius 3 is 2.21 bits per heavy atom. The average Bonchev–Trinajstić information content (AvgIpc) is 2.35. The summed E-state index contributed by atoms with van der Waals surface area (Å²) in [7, 11) is 0. The van der Waals surface area contributed by atoms with Gasteiger partial charge in [0.05, 0.1) is 5.56 Å². The minimum atomic E-state index is -1.34. The number of rotatable bonds is 6. The summed E-state index contributed by atoms with van der Waals surface area (Å²) < 4.78 is 27.8. The van der Waals surface area contributed by atoms with Gasteiger partial charge in [-0.3, -0.25) is 0 Å². The predicted molar refractivity (Wildman–Crippen MR) is 70.7 cm³/mol. The standard InChI is InChI=1S/C14H19F2NO2/c1-4-9(3)8-17(5-2)13-11(15)6-10(14(18)19)7-12(13)16/h6-7,9H,4-5,8H2,1-3H3,(H,18,19). The second kappa shape index (κ2) is 6.50. The van der Waals surface area contributed by atoms with Crippen LogP contribution < -0.4 is 4.90 Å². The molecule has 0 bridgehead atoms. The Balaban J connectivity index is 3.14. The molecule has 1 N–H and O–H groups in total. The first-order valence-electron chi connectivity index (χ1n) is 6.37. The van der Waals surface area contributed by atoms with Gasteiger partial charge in [-0.25, -0.2) is 13.6 Å². The molecule has 0 fully saturated rings. The van der Waals surface area contributed by atoms with E-state index in [1.54, 1.807) is 4.90 Å². The van der Waals surface area contributed by atoms with Gasteiger partial charge in [-0.1, -0.05) is 20.3 Å². The van der Waals surface area contributed by atoms with Crippen LogP contribution in [-0.2, 0) is 0 Å². The van der Waals surface area contributed by atoms with Crippen molar-refractivity contribution in [2.45, 2.75) is 27.2 Å². The van der Waals surface area contributed by atoms with Crippen LogP contribution in [0.2, 0.25) is 0 Å². The second-order valence-corrected chi connectivity index (χ2v) is 4.65. The molecule has 3 nitrogen and oxygen atoms in total. The molecule has 0 saturated heterocycles. The van der Waals surface area contributed by atoms with Crippen LogP contribution in [-0.4, -0.2) is 24.2 Å². The van der Waals surface area contributed by atoms with E-state index in [4.69, 9.17) is 5.11 Å². The molecule has 0 amide bonds. The third kappa shape index (κ3) is 3.66. The summed E-state index contributed by atoms with van der Waals surface area (Å²) in [5, 5.41) is 8.76. The van der Waals surface area contributed by atoms with Crippen LogP contribution in [0.25, 0.3) is 0 Å². The van der Waals surface area contributed by atoms with Crippen LogP contribution in [0.1, 0.15) is 37.6 Å². The minimum Gasteiger partial charge on any atom is -0.478 e. The number of carboxylic acids is 1. The summed E-state index contributed by atoms with van der Waals surface area (Å²) in [5.74, 6) is -2.70. The van der Waals surface area contributed by atoms with Crippen molar-refractivity contribution in [3.8, 4) is 0 Å². The summed E-state index contributed by atoms with van der Waals surface area (Å²) >= 11 is 0. The molecule has 0 aliphatic rings. The van der Waals surface area contributed by atoms with Gasteiger partial charge in [0.15, 0.2) is 0 Å². The first-order valence-corrected chi connectivity index (χ1v) is 6.37. The Kier molecular flexibility index (Phi) is 5.27. The molecule has 1 aromatic rings. The molecule has 106 valence electrons. The molecule has 1 rings (SSSR count). The molecule has 0 aromatic heterocycles. The molecule has 5 heteroatoms. The van der Waals surface area contributed by atoms with Crippen molar-refractivity contribution in [1.82, 2.24) is 0 Å². The highest BCUT2D eigenvalue weighted by atomic mass is 19.1. The SMILES string of the molecule is CCC(C)CN(CC)c1c(F)cc(C(=O)O)cc1F. The van der Waals surface area contributed by atoms with Crippen LogP contribution >= 0.6 is 0 Å². The highest BCUT2D eigenvalue weighted by Gasteiger charge is 2.20. The Morgan fingerprint density at radius 1 is 1.32 bits per heavy atom. The maximum Gasteiger partial charge on any atom is 0.335 e. The van der Waals surface area contributed by atoms with Crippen LogP contribution in [0, 0.1) is 17.6 Å². The van der Waals surface area contributed by atoms with E-state index in [2.05, 4.69) is 0 Å².